The predicted molar refractivity (Wildman–Crippen MR) is 39.1 cm³/mol. The number of rotatable bonds is 1. The van der Waals surface area contributed by atoms with Gasteiger partial charge in [-0.3, -0.25) is 0 Å². The molecule has 0 saturated carbocycles. The zero-order chi connectivity index (χ0) is 5.98. The van der Waals surface area contributed by atoms with E-state index in [0.29, 0.717) is 5.75 Å². The van der Waals surface area contributed by atoms with E-state index in [9.17, 15) is 0 Å². The van der Waals surface area contributed by atoms with Gasteiger partial charge in [0.05, 0.1) is 0 Å². The van der Waals surface area contributed by atoms with Crippen molar-refractivity contribution in [2.75, 3.05) is 0 Å². The highest BCUT2D eigenvalue weighted by Gasteiger charge is 1.93. The fourth-order valence-corrected chi connectivity index (χ4v) is 0.947. The molecular weight excluding hydrogens is 188 g/mol. The van der Waals surface area contributed by atoms with Crippen LogP contribution in [0, 0.1) is 0 Å². The van der Waals surface area contributed by atoms with Gasteiger partial charge in [-0.25, -0.2) is 0 Å². The molecule has 1 aromatic rings. The smallest absolute Gasteiger partial charge is 0.169 e. The molecule has 0 radical (unpaired) electrons. The molecule has 0 aliphatic carbocycles. The van der Waals surface area contributed by atoms with Crippen LogP contribution in [0.1, 0.15) is 5.76 Å². The Morgan fingerprint density at radius 1 is 1.62 bits per heavy atom. The molecule has 0 atom stereocenters. The first-order valence-electron chi connectivity index (χ1n) is 2.18. The number of thiol groups is 1. The second-order valence-electron chi connectivity index (χ2n) is 1.36. The molecule has 1 aromatic heterocycles. The van der Waals surface area contributed by atoms with E-state index in [1.54, 1.807) is 0 Å². The van der Waals surface area contributed by atoms with E-state index < -0.39 is 0 Å². The van der Waals surface area contributed by atoms with Crippen LogP contribution in [0.15, 0.2) is 21.2 Å². The minimum absolute atomic E-state index is 0.658. The summed E-state index contributed by atoms with van der Waals surface area (Å²) in [5.41, 5.74) is 0. The standard InChI is InChI=1S/C5H5BrOS/c6-5-2-1-4(3-8)7-5/h1-2,8H,3H2. The van der Waals surface area contributed by atoms with Crippen molar-refractivity contribution >= 4 is 28.6 Å². The maximum atomic E-state index is 5.07. The molecule has 1 heterocycles. The van der Waals surface area contributed by atoms with E-state index in [0.717, 1.165) is 10.4 Å². The fraction of sp³-hybridized carbons (Fsp3) is 0.200. The van der Waals surface area contributed by atoms with E-state index in [2.05, 4.69) is 28.6 Å². The van der Waals surface area contributed by atoms with Crippen molar-refractivity contribution in [1.29, 1.82) is 0 Å². The summed E-state index contributed by atoms with van der Waals surface area (Å²) in [5.74, 6) is 1.55. The first kappa shape index (κ1) is 6.23. The number of furan rings is 1. The lowest BCUT2D eigenvalue weighted by atomic mass is 10.5. The molecule has 0 aliphatic heterocycles. The lowest BCUT2D eigenvalue weighted by Gasteiger charge is -1.81. The average molecular weight is 193 g/mol. The quantitative estimate of drug-likeness (QED) is 0.676. The van der Waals surface area contributed by atoms with Gasteiger partial charge in [0.2, 0.25) is 0 Å². The third kappa shape index (κ3) is 1.29. The van der Waals surface area contributed by atoms with Gasteiger partial charge in [-0.05, 0) is 28.1 Å². The third-order valence-electron chi connectivity index (χ3n) is 0.785. The van der Waals surface area contributed by atoms with Crippen molar-refractivity contribution in [3.8, 4) is 0 Å². The van der Waals surface area contributed by atoms with E-state index in [-0.39, 0.29) is 0 Å². The molecule has 0 aliphatic rings. The Kier molecular flexibility index (Phi) is 2.02. The van der Waals surface area contributed by atoms with Crippen molar-refractivity contribution in [1.82, 2.24) is 0 Å². The van der Waals surface area contributed by atoms with Gasteiger partial charge in [0.1, 0.15) is 5.76 Å². The topological polar surface area (TPSA) is 13.1 Å². The molecule has 0 aromatic carbocycles. The Morgan fingerprint density at radius 2 is 2.38 bits per heavy atom. The van der Waals surface area contributed by atoms with Crippen molar-refractivity contribution in [3.63, 3.8) is 0 Å². The molecular formula is C5H5BrOS. The molecule has 0 unspecified atom stereocenters. The summed E-state index contributed by atoms with van der Waals surface area (Å²) in [7, 11) is 0. The zero-order valence-corrected chi connectivity index (χ0v) is 6.58. The molecule has 0 saturated heterocycles. The highest BCUT2D eigenvalue weighted by Crippen LogP contribution is 2.14. The molecule has 8 heavy (non-hydrogen) atoms. The molecule has 0 spiro atoms. The Bertz CT molecular complexity index is 173. The summed E-state index contributed by atoms with van der Waals surface area (Å²) in [4.78, 5) is 0. The van der Waals surface area contributed by atoms with Crippen LogP contribution in [0.5, 0.6) is 0 Å². The molecule has 0 N–H and O–H groups in total. The van der Waals surface area contributed by atoms with Gasteiger partial charge in [0, 0.05) is 5.75 Å². The maximum Gasteiger partial charge on any atom is 0.169 e. The van der Waals surface area contributed by atoms with Crippen molar-refractivity contribution in [3.05, 3.63) is 22.6 Å². The van der Waals surface area contributed by atoms with E-state index in [1.807, 2.05) is 12.1 Å². The number of hydrogen-bond acceptors (Lipinski definition) is 2. The number of halogens is 1. The van der Waals surface area contributed by atoms with Gasteiger partial charge in [0.25, 0.3) is 0 Å². The Labute approximate surface area is 61.6 Å². The van der Waals surface area contributed by atoms with Crippen molar-refractivity contribution in [2.24, 2.45) is 0 Å². The van der Waals surface area contributed by atoms with Crippen molar-refractivity contribution in [2.45, 2.75) is 5.75 Å². The Hall–Kier alpha value is 0.110. The summed E-state index contributed by atoms with van der Waals surface area (Å²) in [6.45, 7) is 0. The van der Waals surface area contributed by atoms with Crippen molar-refractivity contribution < 1.29 is 4.42 Å². The monoisotopic (exact) mass is 192 g/mol. The second-order valence-corrected chi connectivity index (χ2v) is 2.46. The molecule has 0 bridgehead atoms. The van der Waals surface area contributed by atoms with Gasteiger partial charge < -0.3 is 4.42 Å². The van der Waals surface area contributed by atoms with Gasteiger partial charge in [-0.2, -0.15) is 12.6 Å². The average Bonchev–Trinajstić information content (AvgIpc) is 2.14. The third-order valence-corrected chi connectivity index (χ3v) is 1.52. The lowest BCUT2D eigenvalue weighted by molar-refractivity contribution is 0.507. The Balaban J connectivity index is 2.84. The van der Waals surface area contributed by atoms with Crippen LogP contribution in [0.2, 0.25) is 0 Å². The first-order chi connectivity index (χ1) is 3.83. The second kappa shape index (κ2) is 2.60. The van der Waals surface area contributed by atoms with Gasteiger partial charge >= 0.3 is 0 Å². The highest BCUT2D eigenvalue weighted by molar-refractivity contribution is 9.10. The summed E-state index contributed by atoms with van der Waals surface area (Å²) in [6, 6.07) is 3.74. The largest absolute Gasteiger partial charge is 0.454 e. The summed E-state index contributed by atoms with van der Waals surface area (Å²) >= 11 is 7.18. The number of hydrogen-bond donors (Lipinski definition) is 1. The van der Waals surface area contributed by atoms with E-state index >= 15 is 0 Å². The fourth-order valence-electron chi connectivity index (χ4n) is 0.437. The Morgan fingerprint density at radius 3 is 2.62 bits per heavy atom. The normalized spacial score (nSPS) is 9.75. The van der Waals surface area contributed by atoms with Crippen LogP contribution < -0.4 is 0 Å². The van der Waals surface area contributed by atoms with Gasteiger partial charge in [-0.15, -0.1) is 0 Å². The maximum absolute atomic E-state index is 5.07. The zero-order valence-electron chi connectivity index (χ0n) is 4.10. The van der Waals surface area contributed by atoms with Gasteiger partial charge in [0.15, 0.2) is 4.67 Å². The summed E-state index contributed by atoms with van der Waals surface area (Å²) in [6.07, 6.45) is 0. The van der Waals surface area contributed by atoms with Crippen LogP contribution >= 0.6 is 28.6 Å². The van der Waals surface area contributed by atoms with E-state index in [1.165, 1.54) is 0 Å². The molecule has 1 rings (SSSR count). The molecule has 3 heteroatoms. The van der Waals surface area contributed by atoms with Crippen LogP contribution in [-0.2, 0) is 5.75 Å². The highest BCUT2D eigenvalue weighted by atomic mass is 79.9. The minimum atomic E-state index is 0.658. The lowest BCUT2D eigenvalue weighted by Crippen LogP contribution is -1.63. The SMILES string of the molecule is SCc1ccc(Br)o1. The molecule has 1 nitrogen and oxygen atoms in total. The summed E-state index contributed by atoms with van der Waals surface area (Å²) in [5, 5.41) is 0. The minimum Gasteiger partial charge on any atom is -0.454 e. The van der Waals surface area contributed by atoms with Crippen LogP contribution in [0.4, 0.5) is 0 Å². The molecule has 0 fully saturated rings. The first-order valence-corrected chi connectivity index (χ1v) is 3.60. The van der Waals surface area contributed by atoms with Crippen LogP contribution in [0.3, 0.4) is 0 Å². The van der Waals surface area contributed by atoms with E-state index in [4.69, 9.17) is 4.42 Å². The molecule has 44 valence electrons. The van der Waals surface area contributed by atoms with Gasteiger partial charge in [-0.1, -0.05) is 0 Å². The molecule has 0 amide bonds. The summed E-state index contributed by atoms with van der Waals surface area (Å²) < 4.78 is 5.84. The van der Waals surface area contributed by atoms with Crippen LogP contribution in [-0.4, -0.2) is 0 Å². The predicted octanol–water partition coefficient (Wildman–Crippen LogP) is 2.47. The van der Waals surface area contributed by atoms with Crippen LogP contribution in [0.25, 0.3) is 0 Å².